The normalized spacial score (nSPS) is 30.3. The van der Waals surface area contributed by atoms with Gasteiger partial charge in [-0.05, 0) is 32.6 Å². The van der Waals surface area contributed by atoms with Gasteiger partial charge < -0.3 is 15.5 Å². The van der Waals surface area contributed by atoms with Crippen molar-refractivity contribution >= 4 is 27.6 Å². The Hall–Kier alpha value is -1.64. The number of nitrogens with one attached hydrogen (secondary N) is 2. The molecule has 3 amide bonds. The minimum absolute atomic E-state index is 0.0769. The summed E-state index contributed by atoms with van der Waals surface area (Å²) in [6.45, 7) is 6.78. The van der Waals surface area contributed by atoms with Gasteiger partial charge in [-0.3, -0.25) is 14.4 Å². The zero-order valence-corrected chi connectivity index (χ0v) is 17.8. The number of β-lactam (4-membered cyclic amide) rings is 1. The molecule has 8 nitrogen and oxygen atoms in total. The Labute approximate surface area is 166 Å². The first kappa shape index (κ1) is 21.1. The lowest BCUT2D eigenvalue weighted by atomic mass is 9.94. The second kappa shape index (κ2) is 7.31. The highest BCUT2D eigenvalue weighted by molar-refractivity contribution is 7.93. The van der Waals surface area contributed by atoms with Gasteiger partial charge in [0.05, 0.1) is 11.2 Å². The molecule has 2 N–H and O–H groups in total. The predicted molar refractivity (Wildman–Crippen MR) is 104 cm³/mol. The van der Waals surface area contributed by atoms with Gasteiger partial charge in [0.2, 0.25) is 17.7 Å². The lowest BCUT2D eigenvalue weighted by Crippen LogP contribution is -2.62. The Morgan fingerprint density at radius 1 is 1.25 bits per heavy atom. The number of nitrogens with zero attached hydrogens (tertiary/aromatic N) is 1. The molecule has 0 aromatic carbocycles. The first-order valence-electron chi connectivity index (χ1n) is 10.2. The van der Waals surface area contributed by atoms with Gasteiger partial charge in [-0.2, -0.15) is 0 Å². The quantitative estimate of drug-likeness (QED) is 0.623. The molecule has 1 saturated carbocycles. The molecule has 0 aromatic rings. The molecule has 28 heavy (non-hydrogen) atoms. The summed E-state index contributed by atoms with van der Waals surface area (Å²) in [7, 11) is -3.65. The molecule has 1 aliphatic carbocycles. The van der Waals surface area contributed by atoms with Crippen molar-refractivity contribution < 1.29 is 22.8 Å². The molecule has 2 aliphatic heterocycles. The highest BCUT2D eigenvalue weighted by Gasteiger charge is 2.67. The van der Waals surface area contributed by atoms with Gasteiger partial charge in [0.1, 0.15) is 17.5 Å². The van der Waals surface area contributed by atoms with E-state index in [-0.39, 0.29) is 30.2 Å². The number of carbonyl (C=O) groups is 3. The molecule has 0 bridgehead atoms. The second-order valence-corrected chi connectivity index (χ2v) is 11.6. The molecule has 4 atom stereocenters. The molecule has 0 unspecified atom stereocenters. The summed E-state index contributed by atoms with van der Waals surface area (Å²) in [6, 6.07) is -1.75. The van der Waals surface area contributed by atoms with Crippen LogP contribution in [-0.2, 0) is 24.2 Å². The van der Waals surface area contributed by atoms with Gasteiger partial charge in [-0.15, -0.1) is 0 Å². The fourth-order valence-electron chi connectivity index (χ4n) is 4.55. The number of hydrogen-bond donors (Lipinski definition) is 2. The maximum absolute atomic E-state index is 13.1. The molecular formula is C19H31N3O5S. The van der Waals surface area contributed by atoms with Crippen LogP contribution >= 0.6 is 0 Å². The molecule has 9 heteroatoms. The number of fused-ring (bicyclic) bond motifs is 1. The monoisotopic (exact) mass is 413 g/mol. The molecule has 0 spiro atoms. The Balaban J connectivity index is 1.79. The smallest absolute Gasteiger partial charge is 0.245 e. The van der Waals surface area contributed by atoms with Crippen molar-refractivity contribution in [2.24, 2.45) is 5.92 Å². The average Bonchev–Trinajstić information content (AvgIpc) is 3.16. The number of rotatable bonds is 6. The van der Waals surface area contributed by atoms with Crippen LogP contribution in [0, 0.1) is 5.92 Å². The van der Waals surface area contributed by atoms with E-state index in [1.54, 1.807) is 0 Å². The van der Waals surface area contributed by atoms with Gasteiger partial charge in [0.25, 0.3) is 0 Å². The Morgan fingerprint density at radius 2 is 1.86 bits per heavy atom. The first-order chi connectivity index (χ1) is 13.0. The minimum Gasteiger partial charge on any atom is -0.352 e. The lowest BCUT2D eigenvalue weighted by molar-refractivity contribution is -0.150. The maximum atomic E-state index is 13.1. The van der Waals surface area contributed by atoms with E-state index in [4.69, 9.17) is 0 Å². The van der Waals surface area contributed by atoms with Crippen LogP contribution in [0.15, 0.2) is 0 Å². The molecule has 158 valence electrons. The number of sulfone groups is 1. The third kappa shape index (κ3) is 3.21. The van der Waals surface area contributed by atoms with Gasteiger partial charge in [0, 0.05) is 6.04 Å². The molecule has 0 aromatic heterocycles. The van der Waals surface area contributed by atoms with Crippen LogP contribution in [0.1, 0.15) is 66.2 Å². The van der Waals surface area contributed by atoms with E-state index in [1.807, 2.05) is 13.8 Å². The molecular weight excluding hydrogens is 382 g/mol. The van der Waals surface area contributed by atoms with Crippen LogP contribution in [0.3, 0.4) is 0 Å². The molecule has 0 radical (unpaired) electrons. The first-order valence-corrected chi connectivity index (χ1v) is 11.7. The second-order valence-electron chi connectivity index (χ2n) is 8.87. The van der Waals surface area contributed by atoms with Crippen molar-refractivity contribution in [2.45, 2.75) is 94.5 Å². The third-order valence-corrected chi connectivity index (χ3v) is 9.52. The van der Waals surface area contributed by atoms with Crippen molar-refractivity contribution in [1.82, 2.24) is 15.5 Å². The van der Waals surface area contributed by atoms with Crippen LogP contribution < -0.4 is 10.6 Å². The average molecular weight is 414 g/mol. The van der Waals surface area contributed by atoms with Crippen LogP contribution in [0.25, 0.3) is 0 Å². The van der Waals surface area contributed by atoms with E-state index < -0.39 is 37.9 Å². The van der Waals surface area contributed by atoms with E-state index in [0.29, 0.717) is 6.42 Å². The van der Waals surface area contributed by atoms with Gasteiger partial charge in [-0.1, -0.05) is 33.1 Å². The number of amides is 3. The summed E-state index contributed by atoms with van der Waals surface area (Å²) in [6.07, 6.45) is 4.64. The number of carbonyl (C=O) groups excluding carboxylic acids is 3. The minimum atomic E-state index is -3.65. The third-order valence-electron chi connectivity index (χ3n) is 6.72. The van der Waals surface area contributed by atoms with Gasteiger partial charge in [-0.25, -0.2) is 8.42 Å². The molecule has 3 aliphatic rings. The van der Waals surface area contributed by atoms with Crippen molar-refractivity contribution in [3.05, 3.63) is 0 Å². The maximum Gasteiger partial charge on any atom is 0.245 e. The van der Waals surface area contributed by atoms with E-state index in [2.05, 4.69) is 10.6 Å². The van der Waals surface area contributed by atoms with Crippen LogP contribution in [0.2, 0.25) is 0 Å². The molecule has 2 saturated heterocycles. The summed E-state index contributed by atoms with van der Waals surface area (Å²) in [5, 5.41) is 4.86. The van der Waals surface area contributed by atoms with Crippen molar-refractivity contribution in [1.29, 1.82) is 0 Å². The largest absolute Gasteiger partial charge is 0.352 e. The zero-order valence-electron chi connectivity index (χ0n) is 17.0. The van der Waals surface area contributed by atoms with E-state index in [1.165, 1.54) is 18.7 Å². The van der Waals surface area contributed by atoms with Gasteiger partial charge in [0.15, 0.2) is 9.84 Å². The summed E-state index contributed by atoms with van der Waals surface area (Å²) in [4.78, 5) is 39.2. The molecule has 3 fully saturated rings. The standard InChI is InChI=1S/C19H31N3O5S/c1-5-11(2)15(17(24)20-12-8-6-7-9-12)21-18(25)16-19(3,4)28(26,27)14-10-13(23)22(14)16/h11-12,14-16H,5-10H2,1-4H3,(H,20,24)(H,21,25)/t11-,14+,15-,16+/m0/s1. The van der Waals surface area contributed by atoms with Crippen molar-refractivity contribution in [2.75, 3.05) is 0 Å². The fourth-order valence-corrected chi connectivity index (χ4v) is 6.68. The Bertz CT molecular complexity index is 772. The SMILES string of the molecule is CC[C@H](C)[C@H](NC(=O)[C@H]1N2C(=O)C[C@H]2S(=O)(=O)C1(C)C)C(=O)NC1CCCC1. The highest BCUT2D eigenvalue weighted by atomic mass is 32.2. The van der Waals surface area contributed by atoms with Crippen LogP contribution in [-0.4, -0.2) is 59.3 Å². The summed E-state index contributed by atoms with van der Waals surface area (Å²) in [5.41, 5.74) is 0. The van der Waals surface area contributed by atoms with E-state index in [0.717, 1.165) is 25.7 Å². The van der Waals surface area contributed by atoms with E-state index in [9.17, 15) is 22.8 Å². The molecule has 3 rings (SSSR count). The fraction of sp³-hybridized carbons (Fsp3) is 0.842. The highest BCUT2D eigenvalue weighted by Crippen LogP contribution is 2.45. The van der Waals surface area contributed by atoms with Gasteiger partial charge >= 0.3 is 0 Å². The van der Waals surface area contributed by atoms with Crippen molar-refractivity contribution in [3.8, 4) is 0 Å². The summed E-state index contributed by atoms with van der Waals surface area (Å²) < 4.78 is 24.1. The predicted octanol–water partition coefficient (Wildman–Crippen LogP) is 0.710. The summed E-state index contributed by atoms with van der Waals surface area (Å²) in [5.74, 6) is -1.26. The summed E-state index contributed by atoms with van der Waals surface area (Å²) >= 11 is 0. The Morgan fingerprint density at radius 3 is 2.39 bits per heavy atom. The van der Waals surface area contributed by atoms with Crippen LogP contribution in [0.5, 0.6) is 0 Å². The lowest BCUT2D eigenvalue weighted by Gasteiger charge is -2.37. The number of hydrogen-bond acceptors (Lipinski definition) is 5. The topological polar surface area (TPSA) is 113 Å². The molecule has 2 heterocycles. The van der Waals surface area contributed by atoms with Crippen molar-refractivity contribution in [3.63, 3.8) is 0 Å². The van der Waals surface area contributed by atoms with E-state index >= 15 is 0 Å². The zero-order chi connectivity index (χ0) is 20.9. The Kier molecular flexibility index (Phi) is 5.51. The van der Waals surface area contributed by atoms with Crippen LogP contribution in [0.4, 0.5) is 0 Å².